The molecule has 4 rings (SSSR count). The van der Waals surface area contributed by atoms with Crippen LogP contribution in [0, 0.1) is 25.5 Å². The molecular formula is C21H19F2N5O3S. The third-order valence-corrected chi connectivity index (χ3v) is 5.63. The molecule has 32 heavy (non-hydrogen) atoms. The van der Waals surface area contributed by atoms with E-state index < -0.39 is 17.5 Å². The van der Waals surface area contributed by atoms with Crippen LogP contribution in [0.5, 0.6) is 5.75 Å². The van der Waals surface area contributed by atoms with Crippen molar-refractivity contribution >= 4 is 22.4 Å². The fraction of sp³-hybridized carbons (Fsp3) is 0.238. The molecule has 0 aliphatic heterocycles. The standard InChI is InChI=1S/C21H19F2N5O3S/c1-4-28-11(2)14(8-24-28)17-10-32-21(25-17)26-20(29)19-15(12(3)31-27-19)9-30-18-6-5-13(22)7-16(18)23/h5-8,10H,4,9H2,1-3H3,(H,25,26,29). The highest BCUT2D eigenvalue weighted by Crippen LogP contribution is 2.28. The van der Waals surface area contributed by atoms with Gasteiger partial charge in [-0.2, -0.15) is 5.10 Å². The van der Waals surface area contributed by atoms with Crippen molar-refractivity contribution in [1.29, 1.82) is 0 Å². The minimum Gasteiger partial charge on any atom is -0.486 e. The molecule has 0 aliphatic carbocycles. The predicted molar refractivity (Wildman–Crippen MR) is 114 cm³/mol. The van der Waals surface area contributed by atoms with Crippen LogP contribution in [0.15, 0.2) is 34.3 Å². The smallest absolute Gasteiger partial charge is 0.280 e. The van der Waals surface area contributed by atoms with Crippen LogP contribution in [0.25, 0.3) is 11.3 Å². The fourth-order valence-corrected chi connectivity index (χ4v) is 3.82. The van der Waals surface area contributed by atoms with Gasteiger partial charge in [-0.25, -0.2) is 13.8 Å². The number of hydrogen-bond donors (Lipinski definition) is 1. The first kappa shape index (κ1) is 21.6. The molecule has 0 saturated heterocycles. The Labute approximate surface area is 185 Å². The summed E-state index contributed by atoms with van der Waals surface area (Å²) in [6.45, 7) is 6.13. The zero-order valence-corrected chi connectivity index (χ0v) is 18.3. The molecule has 3 aromatic heterocycles. The van der Waals surface area contributed by atoms with Crippen molar-refractivity contribution in [3.63, 3.8) is 0 Å². The number of aryl methyl sites for hydroxylation is 2. The Bertz CT molecular complexity index is 1280. The van der Waals surface area contributed by atoms with E-state index in [-0.39, 0.29) is 18.1 Å². The Morgan fingerprint density at radius 2 is 2.12 bits per heavy atom. The van der Waals surface area contributed by atoms with Gasteiger partial charge in [-0.3, -0.25) is 14.8 Å². The molecule has 0 atom stereocenters. The minimum absolute atomic E-state index is 0.00301. The highest BCUT2D eigenvalue weighted by atomic mass is 32.1. The third-order valence-electron chi connectivity index (χ3n) is 4.87. The van der Waals surface area contributed by atoms with Gasteiger partial charge < -0.3 is 9.26 Å². The first-order valence-electron chi connectivity index (χ1n) is 9.70. The molecule has 0 saturated carbocycles. The summed E-state index contributed by atoms with van der Waals surface area (Å²) in [4.78, 5) is 17.2. The molecule has 8 nitrogen and oxygen atoms in total. The minimum atomic E-state index is -0.845. The maximum Gasteiger partial charge on any atom is 0.280 e. The van der Waals surface area contributed by atoms with Crippen molar-refractivity contribution in [2.45, 2.75) is 33.9 Å². The van der Waals surface area contributed by atoms with Crippen LogP contribution >= 0.6 is 11.3 Å². The number of amides is 1. The van der Waals surface area contributed by atoms with E-state index in [4.69, 9.17) is 9.26 Å². The van der Waals surface area contributed by atoms with Crippen molar-refractivity contribution in [3.8, 4) is 17.0 Å². The molecule has 0 spiro atoms. The van der Waals surface area contributed by atoms with Crippen LogP contribution in [-0.4, -0.2) is 25.8 Å². The normalized spacial score (nSPS) is 11.0. The molecule has 1 aromatic carbocycles. The summed E-state index contributed by atoms with van der Waals surface area (Å²) in [5.41, 5.74) is 2.92. The Hall–Kier alpha value is -3.60. The number of thiazole rings is 1. The number of aromatic nitrogens is 4. The molecule has 4 aromatic rings. The highest BCUT2D eigenvalue weighted by molar-refractivity contribution is 7.14. The van der Waals surface area contributed by atoms with Gasteiger partial charge in [-0.05, 0) is 32.9 Å². The second-order valence-corrected chi connectivity index (χ2v) is 7.74. The molecule has 1 N–H and O–H groups in total. The molecule has 0 fully saturated rings. The SMILES string of the molecule is CCn1ncc(-c2csc(NC(=O)c3noc(C)c3COc3ccc(F)cc3F)n2)c1C. The molecule has 1 amide bonds. The van der Waals surface area contributed by atoms with E-state index in [1.54, 1.807) is 13.1 Å². The van der Waals surface area contributed by atoms with E-state index in [1.807, 2.05) is 23.9 Å². The number of nitrogens with one attached hydrogen (secondary N) is 1. The van der Waals surface area contributed by atoms with E-state index in [1.165, 1.54) is 17.4 Å². The molecular weight excluding hydrogens is 440 g/mol. The number of ether oxygens (including phenoxy) is 1. The van der Waals surface area contributed by atoms with Crippen molar-refractivity contribution < 1.29 is 22.8 Å². The predicted octanol–water partition coefficient (Wildman–Crippen LogP) is 4.74. The van der Waals surface area contributed by atoms with Crippen LogP contribution in [0.3, 0.4) is 0 Å². The summed E-state index contributed by atoms with van der Waals surface area (Å²) < 4.78 is 39.3. The Balaban J connectivity index is 1.49. The monoisotopic (exact) mass is 459 g/mol. The zero-order valence-electron chi connectivity index (χ0n) is 17.5. The molecule has 166 valence electrons. The van der Waals surface area contributed by atoms with Gasteiger partial charge in [0.15, 0.2) is 22.4 Å². The van der Waals surface area contributed by atoms with Crippen molar-refractivity contribution in [2.24, 2.45) is 0 Å². The van der Waals surface area contributed by atoms with Gasteiger partial charge in [0.25, 0.3) is 5.91 Å². The van der Waals surface area contributed by atoms with Gasteiger partial charge in [0, 0.05) is 29.2 Å². The summed E-state index contributed by atoms with van der Waals surface area (Å²) in [5.74, 6) is -1.90. The molecule has 0 radical (unpaired) electrons. The van der Waals surface area contributed by atoms with Crippen LogP contribution in [0.4, 0.5) is 13.9 Å². The number of carbonyl (C=O) groups is 1. The number of hydrogen-bond acceptors (Lipinski definition) is 7. The lowest BCUT2D eigenvalue weighted by atomic mass is 10.2. The van der Waals surface area contributed by atoms with E-state index in [0.717, 1.165) is 29.9 Å². The second kappa shape index (κ2) is 8.87. The average molecular weight is 459 g/mol. The first-order chi connectivity index (χ1) is 15.4. The Kier molecular flexibility index (Phi) is 5.99. The van der Waals surface area contributed by atoms with Crippen molar-refractivity contribution in [1.82, 2.24) is 19.9 Å². The van der Waals surface area contributed by atoms with Gasteiger partial charge in [-0.15, -0.1) is 11.3 Å². The van der Waals surface area contributed by atoms with Crippen molar-refractivity contribution in [2.75, 3.05) is 5.32 Å². The number of carbonyl (C=O) groups excluding carboxylic acids is 1. The third kappa shape index (κ3) is 4.24. The van der Waals surface area contributed by atoms with Crippen molar-refractivity contribution in [3.05, 3.63) is 64.1 Å². The summed E-state index contributed by atoms with van der Waals surface area (Å²) >= 11 is 1.26. The number of nitrogens with zero attached hydrogens (tertiary/aromatic N) is 4. The molecule has 11 heteroatoms. The lowest BCUT2D eigenvalue weighted by Gasteiger charge is -2.07. The zero-order chi connectivity index (χ0) is 22.8. The Morgan fingerprint density at radius 1 is 1.31 bits per heavy atom. The molecule has 0 unspecified atom stereocenters. The number of rotatable bonds is 7. The largest absolute Gasteiger partial charge is 0.486 e. The molecule has 0 bridgehead atoms. The maximum absolute atomic E-state index is 13.8. The van der Waals surface area contributed by atoms with Crippen LogP contribution in [0.2, 0.25) is 0 Å². The van der Waals surface area contributed by atoms with Gasteiger partial charge >= 0.3 is 0 Å². The number of benzene rings is 1. The topological polar surface area (TPSA) is 95.1 Å². The molecule has 3 heterocycles. The lowest BCUT2D eigenvalue weighted by Crippen LogP contribution is -2.15. The van der Waals surface area contributed by atoms with Crippen LogP contribution in [-0.2, 0) is 13.2 Å². The maximum atomic E-state index is 13.8. The lowest BCUT2D eigenvalue weighted by molar-refractivity contribution is 0.101. The van der Waals surface area contributed by atoms with Crippen LogP contribution < -0.4 is 10.1 Å². The fourth-order valence-electron chi connectivity index (χ4n) is 3.11. The van der Waals surface area contributed by atoms with E-state index >= 15 is 0 Å². The summed E-state index contributed by atoms with van der Waals surface area (Å²) in [5, 5.41) is 13.0. The van der Waals surface area contributed by atoms with E-state index in [0.29, 0.717) is 22.1 Å². The van der Waals surface area contributed by atoms with Gasteiger partial charge in [0.2, 0.25) is 0 Å². The average Bonchev–Trinajstić information content (AvgIpc) is 3.46. The Morgan fingerprint density at radius 3 is 2.84 bits per heavy atom. The van der Waals surface area contributed by atoms with E-state index in [9.17, 15) is 13.6 Å². The number of anilines is 1. The van der Waals surface area contributed by atoms with E-state index in [2.05, 4.69) is 20.6 Å². The first-order valence-corrected chi connectivity index (χ1v) is 10.6. The van der Waals surface area contributed by atoms with Gasteiger partial charge in [0.05, 0.1) is 17.5 Å². The second-order valence-electron chi connectivity index (χ2n) is 6.88. The van der Waals surface area contributed by atoms with Crippen LogP contribution in [0.1, 0.15) is 34.4 Å². The summed E-state index contributed by atoms with van der Waals surface area (Å²) in [6, 6.07) is 2.97. The summed E-state index contributed by atoms with van der Waals surface area (Å²) in [6.07, 6.45) is 1.74. The number of halogens is 2. The molecule has 0 aliphatic rings. The van der Waals surface area contributed by atoms with Gasteiger partial charge in [-0.1, -0.05) is 5.16 Å². The quantitative estimate of drug-likeness (QED) is 0.429. The summed E-state index contributed by atoms with van der Waals surface area (Å²) in [7, 11) is 0. The highest BCUT2D eigenvalue weighted by Gasteiger charge is 2.22. The van der Waals surface area contributed by atoms with Gasteiger partial charge in [0.1, 0.15) is 18.2 Å².